The van der Waals surface area contributed by atoms with E-state index in [1.54, 1.807) is 0 Å². The van der Waals surface area contributed by atoms with Crippen molar-refractivity contribution in [3.8, 4) is 11.4 Å². The Morgan fingerprint density at radius 2 is 1.39 bits per heavy atom. The summed E-state index contributed by atoms with van der Waals surface area (Å²) in [5, 5.41) is 1.35. The van der Waals surface area contributed by atoms with E-state index in [9.17, 15) is 0 Å². The number of benzene rings is 5. The van der Waals surface area contributed by atoms with E-state index in [4.69, 9.17) is 15.0 Å². The molecule has 5 unspecified atom stereocenters. The van der Waals surface area contributed by atoms with Crippen LogP contribution in [0.1, 0.15) is 88.7 Å². The minimum Gasteiger partial charge on any atom is -0.340 e. The van der Waals surface area contributed by atoms with Crippen LogP contribution in [-0.2, 0) is 6.42 Å². The second kappa shape index (κ2) is 15.2. The average Bonchev–Trinajstić information content (AvgIpc) is 3.88. The Morgan fingerprint density at radius 1 is 0.625 bits per heavy atom. The van der Waals surface area contributed by atoms with Gasteiger partial charge in [0.15, 0.2) is 11.6 Å². The van der Waals surface area contributed by atoms with Gasteiger partial charge in [0.25, 0.3) is 0 Å². The molecule has 2 aromatic heterocycles. The summed E-state index contributed by atoms with van der Waals surface area (Å²) in [6.45, 7) is 0. The van der Waals surface area contributed by atoms with Gasteiger partial charge in [-0.2, -0.15) is 0 Å². The number of anilines is 1. The fourth-order valence-electron chi connectivity index (χ4n) is 11.8. The van der Waals surface area contributed by atoms with Crippen LogP contribution in [0.3, 0.4) is 0 Å². The van der Waals surface area contributed by atoms with E-state index < -0.39 is 0 Å². The Kier molecular flexibility index (Phi) is 8.82. The lowest BCUT2D eigenvalue weighted by Gasteiger charge is -2.43. The Morgan fingerprint density at radius 3 is 2.28 bits per heavy atom. The second-order valence-corrected chi connectivity index (χ2v) is 18.0. The highest BCUT2D eigenvalue weighted by molar-refractivity contribution is 5.93. The van der Waals surface area contributed by atoms with Crippen LogP contribution in [-0.4, -0.2) is 25.6 Å². The van der Waals surface area contributed by atoms with Crippen molar-refractivity contribution in [1.29, 1.82) is 0 Å². The normalized spacial score (nSPS) is 22.7. The second-order valence-electron chi connectivity index (χ2n) is 18.0. The molecule has 0 saturated heterocycles. The molecule has 5 aromatic carbocycles. The van der Waals surface area contributed by atoms with Crippen LogP contribution in [0.15, 0.2) is 193 Å². The van der Waals surface area contributed by atoms with Crippen LogP contribution < -0.4 is 4.90 Å². The van der Waals surface area contributed by atoms with Gasteiger partial charge in [0.1, 0.15) is 5.82 Å². The minimum atomic E-state index is 0.0371. The molecule has 5 nitrogen and oxygen atoms in total. The van der Waals surface area contributed by atoms with E-state index in [1.165, 1.54) is 72.5 Å². The first-order valence-corrected chi connectivity index (χ1v) is 23.1. The van der Waals surface area contributed by atoms with E-state index in [0.717, 1.165) is 55.1 Å². The van der Waals surface area contributed by atoms with Crippen LogP contribution in [0.2, 0.25) is 0 Å². The molecule has 6 aliphatic rings. The summed E-state index contributed by atoms with van der Waals surface area (Å²) in [7, 11) is 0. The molecule has 7 aromatic rings. The molecule has 5 aliphatic carbocycles. The van der Waals surface area contributed by atoms with Crippen molar-refractivity contribution in [2.45, 2.75) is 56.0 Å². The Hall–Kier alpha value is -7.37. The van der Waals surface area contributed by atoms with Crippen LogP contribution >= 0.6 is 0 Å². The number of nitrogens with zero attached hydrogens (tertiary/aromatic N) is 5. The topological polar surface area (TPSA) is 46.8 Å². The molecule has 5 atom stereocenters. The van der Waals surface area contributed by atoms with E-state index in [-0.39, 0.29) is 29.8 Å². The summed E-state index contributed by atoms with van der Waals surface area (Å²) in [4.78, 5) is 18.7. The van der Waals surface area contributed by atoms with Crippen molar-refractivity contribution in [3.63, 3.8) is 0 Å². The lowest BCUT2D eigenvalue weighted by atomic mass is 9.75. The highest BCUT2D eigenvalue weighted by atomic mass is 15.2. The van der Waals surface area contributed by atoms with Gasteiger partial charge in [-0.05, 0) is 83.7 Å². The maximum Gasteiger partial charge on any atom is 0.163 e. The molecule has 3 heterocycles. The third-order valence-electron chi connectivity index (χ3n) is 14.5. The van der Waals surface area contributed by atoms with Crippen LogP contribution in [0.5, 0.6) is 0 Å². The van der Waals surface area contributed by atoms with E-state index in [0.29, 0.717) is 0 Å². The minimum absolute atomic E-state index is 0.0371. The summed E-state index contributed by atoms with van der Waals surface area (Å²) >= 11 is 0. The number of fused-ring (bicyclic) bond motifs is 8. The zero-order chi connectivity index (χ0) is 42.1. The lowest BCUT2D eigenvalue weighted by Crippen LogP contribution is -2.42. The summed E-state index contributed by atoms with van der Waals surface area (Å²) in [5.41, 5.74) is 17.0. The lowest BCUT2D eigenvalue weighted by molar-refractivity contribution is 0.467. The van der Waals surface area contributed by atoms with Gasteiger partial charge in [0.05, 0.1) is 12.0 Å². The zero-order valence-electron chi connectivity index (χ0n) is 35.6. The molecule has 0 radical (unpaired) electrons. The SMILES string of the molecule is C1=CC2=C(c3nc(-c4ccccc4)nc(C4C=C(c5ccccc5)C=CC4)n3)CCC(N3C4=Cc5ccccc5C(n5c6c(c7ccccc75)C=CCC6)C4c4ccccc43)C2C=C1. The van der Waals surface area contributed by atoms with Gasteiger partial charge in [0.2, 0.25) is 0 Å². The molecule has 0 saturated carbocycles. The monoisotopic (exact) mass is 825 g/mol. The largest absolute Gasteiger partial charge is 0.340 e. The molecule has 64 heavy (non-hydrogen) atoms. The van der Waals surface area contributed by atoms with Crippen molar-refractivity contribution in [2.75, 3.05) is 4.90 Å². The molecule has 1 aliphatic heterocycles. The van der Waals surface area contributed by atoms with E-state index >= 15 is 0 Å². The molecule has 5 heteroatoms. The van der Waals surface area contributed by atoms with Gasteiger partial charge < -0.3 is 9.47 Å². The maximum absolute atomic E-state index is 5.42. The van der Waals surface area contributed by atoms with Crippen molar-refractivity contribution in [2.24, 2.45) is 5.92 Å². The van der Waals surface area contributed by atoms with Gasteiger partial charge in [0, 0.05) is 62.6 Å². The number of rotatable bonds is 6. The molecular weight excluding hydrogens is 779 g/mol. The van der Waals surface area contributed by atoms with Crippen molar-refractivity contribution >= 4 is 39.9 Å². The number of para-hydroxylation sites is 2. The van der Waals surface area contributed by atoms with Crippen molar-refractivity contribution in [3.05, 3.63) is 238 Å². The Bertz CT molecular complexity index is 3230. The summed E-state index contributed by atoms with van der Waals surface area (Å²) in [6.07, 6.45) is 28.1. The molecule has 0 amide bonds. The van der Waals surface area contributed by atoms with Gasteiger partial charge in [-0.1, -0.05) is 176 Å². The zero-order valence-corrected chi connectivity index (χ0v) is 35.6. The van der Waals surface area contributed by atoms with Gasteiger partial charge >= 0.3 is 0 Å². The maximum atomic E-state index is 5.42. The number of aromatic nitrogens is 4. The van der Waals surface area contributed by atoms with Crippen molar-refractivity contribution in [1.82, 2.24) is 19.5 Å². The Balaban J connectivity index is 0.941. The first-order valence-electron chi connectivity index (χ1n) is 23.1. The highest BCUT2D eigenvalue weighted by Crippen LogP contribution is 2.58. The quantitative estimate of drug-likeness (QED) is 0.168. The molecule has 13 rings (SSSR count). The first-order chi connectivity index (χ1) is 31.8. The Labute approximate surface area is 374 Å². The van der Waals surface area contributed by atoms with Crippen LogP contribution in [0.25, 0.3) is 45.6 Å². The fraction of sp³-hybridized carbons (Fsp3) is 0.169. The van der Waals surface area contributed by atoms with Crippen LogP contribution in [0.4, 0.5) is 5.69 Å². The number of allylic oxidation sites excluding steroid dienone is 10. The molecule has 0 bridgehead atoms. The average molecular weight is 826 g/mol. The predicted octanol–water partition coefficient (Wildman–Crippen LogP) is 13.5. The summed E-state index contributed by atoms with van der Waals surface area (Å²) < 4.78 is 2.74. The fourth-order valence-corrected chi connectivity index (χ4v) is 11.8. The van der Waals surface area contributed by atoms with E-state index in [1.807, 2.05) is 0 Å². The smallest absolute Gasteiger partial charge is 0.163 e. The third kappa shape index (κ3) is 5.94. The molecule has 308 valence electrons. The predicted molar refractivity (Wildman–Crippen MR) is 261 cm³/mol. The van der Waals surface area contributed by atoms with Gasteiger partial charge in [-0.15, -0.1) is 0 Å². The standard InChI is InChI=1S/C59H47N5/c1-3-18-38(19-4-1)40-23-17-24-42(36-40)58-60-57(39-20-5-2-6-21-39)61-59(62-58)48-34-35-53(45-27-10-9-26-44(45)48)63-52-33-16-13-30-49(52)55-54(63)37-41-22-7-8-25-43(41)56(55)64-50-31-14-11-28-46(50)47-29-12-15-32-51(47)64/h1-14,16-23,25-31,33,36-37,42,45,53,55-56H,15,24,32,34-35H2. The number of hydrogen-bond acceptors (Lipinski definition) is 4. The number of hydrogen-bond donors (Lipinski definition) is 0. The first kappa shape index (κ1) is 37.2. The molecule has 0 spiro atoms. The van der Waals surface area contributed by atoms with Gasteiger partial charge in [-0.3, -0.25) is 0 Å². The summed E-state index contributed by atoms with van der Waals surface area (Å²) in [6, 6.07) is 48.9. The van der Waals surface area contributed by atoms with Gasteiger partial charge in [-0.25, -0.2) is 15.0 Å². The van der Waals surface area contributed by atoms with Crippen LogP contribution in [0, 0.1) is 5.92 Å². The molecule has 0 N–H and O–H groups in total. The van der Waals surface area contributed by atoms with E-state index in [2.05, 4.69) is 204 Å². The molecule has 0 fully saturated rings. The highest BCUT2D eigenvalue weighted by Gasteiger charge is 2.48. The third-order valence-corrected chi connectivity index (χ3v) is 14.5. The molecular formula is C59H47N5. The van der Waals surface area contributed by atoms with Crippen molar-refractivity contribution < 1.29 is 0 Å². The summed E-state index contributed by atoms with van der Waals surface area (Å²) in [5.74, 6) is 2.70.